The quantitative estimate of drug-likeness (QED) is 0.727. The van der Waals surface area contributed by atoms with Crippen molar-refractivity contribution in [1.29, 1.82) is 0 Å². The Labute approximate surface area is 169 Å². The van der Waals surface area contributed by atoms with Crippen LogP contribution in [0.4, 0.5) is 5.69 Å². The van der Waals surface area contributed by atoms with Crippen LogP contribution < -0.4 is 9.64 Å². The van der Waals surface area contributed by atoms with Gasteiger partial charge < -0.3 is 14.5 Å². The van der Waals surface area contributed by atoms with Gasteiger partial charge in [0, 0.05) is 13.6 Å². The first-order valence-electron chi connectivity index (χ1n) is 9.69. The third kappa shape index (κ3) is 3.44. The number of benzene rings is 2. The number of ether oxygens (including phenoxy) is 1. The molecule has 0 fully saturated rings. The predicted molar refractivity (Wildman–Crippen MR) is 108 cm³/mol. The molecule has 7 nitrogen and oxygen atoms in total. The van der Waals surface area contributed by atoms with Crippen LogP contribution in [0, 0.1) is 0 Å². The smallest absolute Gasteiger partial charge is 0.262 e. The Morgan fingerprint density at radius 3 is 2.34 bits per heavy atom. The lowest BCUT2D eigenvalue weighted by molar-refractivity contribution is -0.131. The molecule has 0 spiro atoms. The van der Waals surface area contributed by atoms with Gasteiger partial charge in [0.15, 0.2) is 0 Å². The van der Waals surface area contributed by atoms with Gasteiger partial charge in [0.05, 0.1) is 29.9 Å². The maximum absolute atomic E-state index is 12.7. The molecule has 0 unspecified atom stereocenters. The van der Waals surface area contributed by atoms with Gasteiger partial charge in [-0.25, -0.2) is 0 Å². The van der Waals surface area contributed by atoms with Gasteiger partial charge in [-0.1, -0.05) is 24.3 Å². The molecule has 2 aromatic rings. The average Bonchev–Trinajstić information content (AvgIpc) is 2.98. The van der Waals surface area contributed by atoms with Crippen LogP contribution >= 0.6 is 0 Å². The Balaban J connectivity index is 1.41. The number of para-hydroxylation sites is 2. The minimum absolute atomic E-state index is 0.194. The zero-order valence-electron chi connectivity index (χ0n) is 16.5. The summed E-state index contributed by atoms with van der Waals surface area (Å²) in [5.41, 5.74) is 1.74. The van der Waals surface area contributed by atoms with Crippen molar-refractivity contribution in [1.82, 2.24) is 9.80 Å². The Morgan fingerprint density at radius 2 is 1.69 bits per heavy atom. The van der Waals surface area contributed by atoms with E-state index in [1.54, 1.807) is 31.3 Å². The lowest BCUT2D eigenvalue weighted by Gasteiger charge is -2.37. The topological polar surface area (TPSA) is 70.2 Å². The molecule has 29 heavy (non-hydrogen) atoms. The predicted octanol–water partition coefficient (Wildman–Crippen LogP) is 2.03. The number of carbonyl (C=O) groups is 3. The van der Waals surface area contributed by atoms with E-state index < -0.39 is 11.8 Å². The highest BCUT2D eigenvalue weighted by Crippen LogP contribution is 2.33. The standard InChI is InChI=1S/C22H23N3O4/c1-3-24-13-15(29-19-11-7-6-10-18(19)24)12-23(2)20(26)14-25-21(27)16-8-4-5-9-17(16)22(25)28/h4-11,15H,3,12-14H2,1-2H3/t15-/m0/s1. The van der Waals surface area contributed by atoms with Crippen molar-refractivity contribution in [2.75, 3.05) is 38.1 Å². The maximum Gasteiger partial charge on any atom is 0.262 e. The molecule has 0 saturated carbocycles. The molecule has 0 N–H and O–H groups in total. The Bertz CT molecular complexity index is 939. The highest BCUT2D eigenvalue weighted by Gasteiger charge is 2.37. The molecule has 2 aliphatic rings. The van der Waals surface area contributed by atoms with Gasteiger partial charge in [0.1, 0.15) is 18.4 Å². The van der Waals surface area contributed by atoms with Crippen LogP contribution in [0.1, 0.15) is 27.6 Å². The number of likely N-dealkylation sites (N-methyl/N-ethyl adjacent to an activating group) is 2. The van der Waals surface area contributed by atoms with Gasteiger partial charge >= 0.3 is 0 Å². The number of nitrogens with zero attached hydrogens (tertiary/aromatic N) is 3. The molecule has 2 aliphatic heterocycles. The van der Waals surface area contributed by atoms with E-state index in [0.29, 0.717) is 24.2 Å². The summed E-state index contributed by atoms with van der Waals surface area (Å²) in [5, 5.41) is 0. The van der Waals surface area contributed by atoms with Gasteiger partial charge in [-0.05, 0) is 31.2 Å². The fourth-order valence-corrected chi connectivity index (χ4v) is 3.82. The summed E-state index contributed by atoms with van der Waals surface area (Å²) in [7, 11) is 1.67. The van der Waals surface area contributed by atoms with Crippen LogP contribution in [0.15, 0.2) is 48.5 Å². The molecule has 2 heterocycles. The average molecular weight is 393 g/mol. The summed E-state index contributed by atoms with van der Waals surface area (Å²) in [4.78, 5) is 42.4. The minimum atomic E-state index is -0.424. The largest absolute Gasteiger partial charge is 0.485 e. The molecular weight excluding hydrogens is 370 g/mol. The van der Waals surface area contributed by atoms with Gasteiger partial charge in [-0.15, -0.1) is 0 Å². The summed E-state index contributed by atoms with van der Waals surface area (Å²) in [5.74, 6) is -0.350. The second-order valence-corrected chi connectivity index (χ2v) is 7.26. The fourth-order valence-electron chi connectivity index (χ4n) is 3.82. The number of imide groups is 1. The molecule has 1 atom stereocenters. The molecular formula is C22H23N3O4. The normalized spacial score (nSPS) is 17.7. The Morgan fingerprint density at radius 1 is 1.07 bits per heavy atom. The molecule has 0 saturated heterocycles. The van der Waals surface area contributed by atoms with Crippen molar-refractivity contribution in [3.05, 3.63) is 59.7 Å². The van der Waals surface area contributed by atoms with E-state index in [1.165, 1.54) is 4.90 Å². The van der Waals surface area contributed by atoms with Crippen molar-refractivity contribution in [2.24, 2.45) is 0 Å². The highest BCUT2D eigenvalue weighted by molar-refractivity contribution is 6.22. The molecule has 0 aromatic heterocycles. The van der Waals surface area contributed by atoms with Crippen molar-refractivity contribution in [3.8, 4) is 5.75 Å². The zero-order valence-corrected chi connectivity index (χ0v) is 16.5. The Kier molecular flexibility index (Phi) is 4.96. The van der Waals surface area contributed by atoms with E-state index in [1.807, 2.05) is 24.3 Å². The summed E-state index contributed by atoms with van der Waals surface area (Å²) in [6.07, 6.45) is -0.194. The second kappa shape index (κ2) is 7.58. The third-order valence-corrected chi connectivity index (χ3v) is 5.38. The number of hydrogen-bond donors (Lipinski definition) is 0. The van der Waals surface area contributed by atoms with E-state index >= 15 is 0 Å². The van der Waals surface area contributed by atoms with Crippen molar-refractivity contribution < 1.29 is 19.1 Å². The first-order chi connectivity index (χ1) is 14.0. The van der Waals surface area contributed by atoms with Crippen LogP contribution in [-0.4, -0.2) is 66.9 Å². The summed E-state index contributed by atoms with van der Waals surface area (Å²) in [6.45, 7) is 3.68. The lowest BCUT2D eigenvalue weighted by atomic mass is 10.1. The molecule has 0 radical (unpaired) electrons. The number of hydrogen-bond acceptors (Lipinski definition) is 5. The van der Waals surface area contributed by atoms with Crippen molar-refractivity contribution in [3.63, 3.8) is 0 Å². The molecule has 7 heteroatoms. The number of carbonyl (C=O) groups excluding carboxylic acids is 3. The second-order valence-electron chi connectivity index (χ2n) is 7.26. The SMILES string of the molecule is CCN1C[C@H](CN(C)C(=O)CN2C(=O)c3ccccc3C2=O)Oc2ccccc21. The van der Waals surface area contributed by atoms with E-state index in [2.05, 4.69) is 11.8 Å². The molecule has 4 rings (SSSR count). The van der Waals surface area contributed by atoms with Gasteiger partial charge in [0.25, 0.3) is 11.8 Å². The van der Waals surface area contributed by atoms with Crippen molar-refractivity contribution in [2.45, 2.75) is 13.0 Å². The monoisotopic (exact) mass is 393 g/mol. The van der Waals surface area contributed by atoms with Crippen molar-refractivity contribution >= 4 is 23.4 Å². The van der Waals surface area contributed by atoms with Gasteiger partial charge in [-0.3, -0.25) is 19.3 Å². The van der Waals surface area contributed by atoms with Crippen LogP contribution in [0.3, 0.4) is 0 Å². The highest BCUT2D eigenvalue weighted by atomic mass is 16.5. The summed E-state index contributed by atoms with van der Waals surface area (Å²) >= 11 is 0. The molecule has 3 amide bonds. The van der Waals surface area contributed by atoms with E-state index in [4.69, 9.17) is 4.74 Å². The number of amides is 3. The first kappa shape index (κ1) is 19.0. The molecule has 0 aliphatic carbocycles. The minimum Gasteiger partial charge on any atom is -0.485 e. The lowest BCUT2D eigenvalue weighted by Crippen LogP contribution is -2.49. The first-order valence-corrected chi connectivity index (χ1v) is 9.69. The van der Waals surface area contributed by atoms with Gasteiger partial charge in [0.2, 0.25) is 5.91 Å². The number of anilines is 1. The summed E-state index contributed by atoms with van der Waals surface area (Å²) in [6, 6.07) is 14.5. The maximum atomic E-state index is 12.7. The third-order valence-electron chi connectivity index (χ3n) is 5.38. The number of rotatable bonds is 5. The van der Waals surface area contributed by atoms with Crippen LogP contribution in [0.2, 0.25) is 0 Å². The molecule has 150 valence electrons. The van der Waals surface area contributed by atoms with Gasteiger partial charge in [-0.2, -0.15) is 0 Å². The van der Waals surface area contributed by atoms with Crippen LogP contribution in [-0.2, 0) is 4.79 Å². The van der Waals surface area contributed by atoms with Crippen LogP contribution in [0.25, 0.3) is 0 Å². The molecule has 0 bridgehead atoms. The van der Waals surface area contributed by atoms with E-state index in [-0.39, 0.29) is 18.6 Å². The summed E-state index contributed by atoms with van der Waals surface area (Å²) < 4.78 is 6.06. The Hall–Kier alpha value is -3.35. The zero-order chi connectivity index (χ0) is 20.5. The molecule has 2 aromatic carbocycles. The van der Waals surface area contributed by atoms with E-state index in [9.17, 15) is 14.4 Å². The fraction of sp³-hybridized carbons (Fsp3) is 0.318. The van der Waals surface area contributed by atoms with E-state index in [0.717, 1.165) is 22.9 Å². The number of fused-ring (bicyclic) bond motifs is 2. The van der Waals surface area contributed by atoms with Crippen LogP contribution in [0.5, 0.6) is 5.75 Å².